The normalized spacial score (nSPS) is 13.6. The summed E-state index contributed by atoms with van der Waals surface area (Å²) < 4.78 is 5.84. The second kappa shape index (κ2) is 6.91. The number of aryl methyl sites for hydroxylation is 1. The van der Waals surface area contributed by atoms with E-state index < -0.39 is 0 Å². The Morgan fingerprint density at radius 2 is 1.67 bits per heavy atom. The van der Waals surface area contributed by atoms with Crippen molar-refractivity contribution < 1.29 is 4.74 Å². The molecule has 1 unspecified atom stereocenters. The Hall–Kier alpha value is -0.860. The molecule has 0 saturated heterocycles. The number of rotatable bonds is 6. The first-order valence-electron chi connectivity index (χ1n) is 6.83. The van der Waals surface area contributed by atoms with Gasteiger partial charge in [-0.2, -0.15) is 0 Å². The lowest BCUT2D eigenvalue weighted by Crippen LogP contribution is -2.36. The highest BCUT2D eigenvalue weighted by molar-refractivity contribution is 5.23. The van der Waals surface area contributed by atoms with E-state index in [4.69, 9.17) is 4.74 Å². The zero-order chi connectivity index (χ0) is 13.6. The molecule has 1 aromatic carbocycles. The summed E-state index contributed by atoms with van der Waals surface area (Å²) in [5.74, 6) is 0. The first kappa shape index (κ1) is 15.2. The van der Waals surface area contributed by atoms with Gasteiger partial charge in [0.05, 0.1) is 12.2 Å². The van der Waals surface area contributed by atoms with E-state index in [0.717, 1.165) is 19.4 Å². The van der Waals surface area contributed by atoms with Gasteiger partial charge in [-0.1, -0.05) is 31.2 Å². The molecule has 0 aliphatic carbocycles. The zero-order valence-electron chi connectivity index (χ0n) is 12.4. The standard InChI is InChI=1S/C16H27NO/c1-6-13-7-9-14(10-8-13)11-15(17-5)12-18-16(2,3)4/h7-10,15,17H,6,11-12H2,1-5H3. The summed E-state index contributed by atoms with van der Waals surface area (Å²) in [6.07, 6.45) is 2.11. The van der Waals surface area contributed by atoms with Gasteiger partial charge in [0.1, 0.15) is 0 Å². The maximum Gasteiger partial charge on any atom is 0.0629 e. The summed E-state index contributed by atoms with van der Waals surface area (Å²) in [6, 6.07) is 9.25. The lowest BCUT2D eigenvalue weighted by molar-refractivity contribution is -0.0134. The van der Waals surface area contributed by atoms with Gasteiger partial charge in [-0.3, -0.25) is 0 Å². The second-order valence-electron chi connectivity index (χ2n) is 5.78. The quantitative estimate of drug-likeness (QED) is 0.836. The van der Waals surface area contributed by atoms with Crippen molar-refractivity contribution in [2.24, 2.45) is 0 Å². The minimum Gasteiger partial charge on any atom is -0.374 e. The molecule has 1 atom stereocenters. The molecule has 2 nitrogen and oxygen atoms in total. The summed E-state index contributed by atoms with van der Waals surface area (Å²) in [5.41, 5.74) is 2.69. The van der Waals surface area contributed by atoms with Crippen molar-refractivity contribution in [3.05, 3.63) is 35.4 Å². The molecule has 2 heteroatoms. The van der Waals surface area contributed by atoms with Gasteiger partial charge in [0.15, 0.2) is 0 Å². The second-order valence-corrected chi connectivity index (χ2v) is 5.78. The number of hydrogen-bond acceptors (Lipinski definition) is 2. The van der Waals surface area contributed by atoms with Crippen LogP contribution in [-0.2, 0) is 17.6 Å². The first-order chi connectivity index (χ1) is 8.44. The third kappa shape index (κ3) is 5.65. The molecule has 0 fully saturated rings. The van der Waals surface area contributed by atoms with Crippen LogP contribution in [0.25, 0.3) is 0 Å². The van der Waals surface area contributed by atoms with Gasteiger partial charge in [0, 0.05) is 6.04 Å². The lowest BCUT2D eigenvalue weighted by atomic mass is 10.0. The fourth-order valence-electron chi connectivity index (χ4n) is 1.79. The average Bonchev–Trinajstić information content (AvgIpc) is 2.34. The Morgan fingerprint density at radius 3 is 2.11 bits per heavy atom. The smallest absolute Gasteiger partial charge is 0.0629 e. The molecule has 1 aromatic rings. The molecule has 0 heterocycles. The third-order valence-corrected chi connectivity index (χ3v) is 3.04. The minimum absolute atomic E-state index is 0.0683. The first-order valence-corrected chi connectivity index (χ1v) is 6.83. The van der Waals surface area contributed by atoms with E-state index in [2.05, 4.69) is 57.3 Å². The summed E-state index contributed by atoms with van der Waals surface area (Å²) in [7, 11) is 2.00. The maximum atomic E-state index is 5.84. The molecule has 0 radical (unpaired) electrons. The predicted octanol–water partition coefficient (Wildman–Crippen LogP) is 3.19. The van der Waals surface area contributed by atoms with Crippen LogP contribution in [0.3, 0.4) is 0 Å². The summed E-state index contributed by atoms with van der Waals surface area (Å²) in [4.78, 5) is 0. The Balaban J connectivity index is 2.51. The zero-order valence-corrected chi connectivity index (χ0v) is 12.4. The van der Waals surface area contributed by atoms with Gasteiger partial charge in [-0.05, 0) is 51.8 Å². The van der Waals surface area contributed by atoms with Crippen molar-refractivity contribution in [1.82, 2.24) is 5.32 Å². The van der Waals surface area contributed by atoms with Gasteiger partial charge < -0.3 is 10.1 Å². The molecule has 1 rings (SSSR count). The molecule has 0 aromatic heterocycles. The average molecular weight is 249 g/mol. The molecule has 0 bridgehead atoms. The van der Waals surface area contributed by atoms with Crippen LogP contribution < -0.4 is 5.32 Å². The van der Waals surface area contributed by atoms with Crippen LogP contribution in [-0.4, -0.2) is 25.3 Å². The largest absolute Gasteiger partial charge is 0.374 e. The van der Waals surface area contributed by atoms with Crippen LogP contribution in [0.5, 0.6) is 0 Å². The van der Waals surface area contributed by atoms with Crippen molar-refractivity contribution in [2.45, 2.75) is 52.2 Å². The van der Waals surface area contributed by atoms with Crippen molar-refractivity contribution in [3.8, 4) is 0 Å². The van der Waals surface area contributed by atoms with E-state index in [1.165, 1.54) is 11.1 Å². The Labute approximate surface area is 112 Å². The number of hydrogen-bond donors (Lipinski definition) is 1. The van der Waals surface area contributed by atoms with Crippen molar-refractivity contribution in [1.29, 1.82) is 0 Å². The van der Waals surface area contributed by atoms with Crippen molar-refractivity contribution in [2.75, 3.05) is 13.7 Å². The highest BCUT2D eigenvalue weighted by Gasteiger charge is 2.14. The summed E-state index contributed by atoms with van der Waals surface area (Å²) in [6.45, 7) is 9.21. The molecule has 0 saturated carbocycles. The van der Waals surface area contributed by atoms with E-state index >= 15 is 0 Å². The van der Waals surface area contributed by atoms with Crippen LogP contribution >= 0.6 is 0 Å². The van der Waals surface area contributed by atoms with E-state index in [0.29, 0.717) is 6.04 Å². The van der Waals surface area contributed by atoms with Gasteiger partial charge >= 0.3 is 0 Å². The molecule has 0 aliphatic rings. The minimum atomic E-state index is -0.0683. The maximum absolute atomic E-state index is 5.84. The topological polar surface area (TPSA) is 21.3 Å². The molecule has 0 spiro atoms. The lowest BCUT2D eigenvalue weighted by Gasteiger charge is -2.24. The molecule has 0 aliphatic heterocycles. The Kier molecular flexibility index (Phi) is 5.83. The SMILES string of the molecule is CCc1ccc(CC(COC(C)(C)C)NC)cc1. The van der Waals surface area contributed by atoms with Crippen LogP contribution in [0, 0.1) is 0 Å². The van der Waals surface area contributed by atoms with E-state index in [-0.39, 0.29) is 5.60 Å². The number of ether oxygens (including phenoxy) is 1. The van der Waals surface area contributed by atoms with Crippen LogP contribution in [0.2, 0.25) is 0 Å². The molecule has 18 heavy (non-hydrogen) atoms. The highest BCUT2D eigenvalue weighted by Crippen LogP contribution is 2.11. The Morgan fingerprint density at radius 1 is 1.11 bits per heavy atom. The summed E-state index contributed by atoms with van der Waals surface area (Å²) in [5, 5.41) is 3.33. The number of benzene rings is 1. The van der Waals surface area contributed by atoms with E-state index in [1.54, 1.807) is 0 Å². The van der Waals surface area contributed by atoms with Gasteiger partial charge in [-0.15, -0.1) is 0 Å². The Bertz CT molecular complexity index is 337. The predicted molar refractivity (Wildman–Crippen MR) is 78.1 cm³/mol. The molecular weight excluding hydrogens is 222 g/mol. The van der Waals surface area contributed by atoms with Crippen molar-refractivity contribution in [3.63, 3.8) is 0 Å². The molecule has 0 amide bonds. The van der Waals surface area contributed by atoms with Gasteiger partial charge in [0.2, 0.25) is 0 Å². The van der Waals surface area contributed by atoms with Gasteiger partial charge in [0.25, 0.3) is 0 Å². The third-order valence-electron chi connectivity index (χ3n) is 3.04. The van der Waals surface area contributed by atoms with E-state index in [9.17, 15) is 0 Å². The fourth-order valence-corrected chi connectivity index (χ4v) is 1.79. The fraction of sp³-hybridized carbons (Fsp3) is 0.625. The van der Waals surface area contributed by atoms with Crippen LogP contribution in [0.1, 0.15) is 38.8 Å². The number of nitrogens with one attached hydrogen (secondary N) is 1. The monoisotopic (exact) mass is 249 g/mol. The van der Waals surface area contributed by atoms with Gasteiger partial charge in [-0.25, -0.2) is 0 Å². The molecular formula is C16H27NO. The highest BCUT2D eigenvalue weighted by atomic mass is 16.5. The van der Waals surface area contributed by atoms with Crippen molar-refractivity contribution >= 4 is 0 Å². The van der Waals surface area contributed by atoms with Crippen LogP contribution in [0.15, 0.2) is 24.3 Å². The molecule has 1 N–H and O–H groups in total. The number of likely N-dealkylation sites (N-methyl/N-ethyl adjacent to an activating group) is 1. The summed E-state index contributed by atoms with van der Waals surface area (Å²) >= 11 is 0. The van der Waals surface area contributed by atoms with Crippen LogP contribution in [0.4, 0.5) is 0 Å². The van der Waals surface area contributed by atoms with E-state index in [1.807, 2.05) is 7.05 Å². The molecule has 102 valence electrons.